The molecule has 7 nitrogen and oxygen atoms in total. The van der Waals surface area contributed by atoms with E-state index in [2.05, 4.69) is 4.98 Å². The predicted molar refractivity (Wildman–Crippen MR) is 121 cm³/mol. The van der Waals surface area contributed by atoms with Crippen LogP contribution in [0, 0.1) is 6.92 Å². The van der Waals surface area contributed by atoms with Gasteiger partial charge < -0.3 is 24.1 Å². The standard InChI is InChI=1S/C24H23N3O4/c1-14-12-19(28)22(29)23(31-14)21-20(16-6-5-7-18(13-16)30-4)25-24(26-21)15-8-10-17(11-9-15)27(2)3/h5-13,29H,1-4H3,(H,25,26). The second kappa shape index (κ2) is 8.02. The minimum atomic E-state index is -0.512. The fourth-order valence-corrected chi connectivity index (χ4v) is 3.34. The summed E-state index contributed by atoms with van der Waals surface area (Å²) in [4.78, 5) is 22.2. The van der Waals surface area contributed by atoms with Crippen LogP contribution in [0.3, 0.4) is 0 Å². The second-order valence-electron chi connectivity index (χ2n) is 7.38. The van der Waals surface area contributed by atoms with Gasteiger partial charge in [-0.15, -0.1) is 0 Å². The minimum absolute atomic E-state index is 0.0477. The number of nitrogens with one attached hydrogen (secondary N) is 1. The van der Waals surface area contributed by atoms with Crippen molar-refractivity contribution < 1.29 is 14.3 Å². The number of methoxy groups -OCH3 is 1. The van der Waals surface area contributed by atoms with Gasteiger partial charge in [0.25, 0.3) is 0 Å². The molecule has 0 radical (unpaired) electrons. The van der Waals surface area contributed by atoms with Crippen LogP contribution in [0.2, 0.25) is 0 Å². The first kappa shape index (κ1) is 20.3. The van der Waals surface area contributed by atoms with Crippen LogP contribution in [0.15, 0.2) is 63.8 Å². The van der Waals surface area contributed by atoms with Gasteiger partial charge in [-0.2, -0.15) is 0 Å². The fraction of sp³-hybridized carbons (Fsp3) is 0.167. The lowest BCUT2D eigenvalue weighted by molar-refractivity contribution is 0.415. The van der Waals surface area contributed by atoms with E-state index < -0.39 is 11.2 Å². The SMILES string of the molecule is COc1cccc(-c2nc(-c3ccc(N(C)C)cc3)[nH]c2-c2oc(C)cc(=O)c2O)c1. The van der Waals surface area contributed by atoms with Gasteiger partial charge in [0.2, 0.25) is 11.2 Å². The highest BCUT2D eigenvalue weighted by molar-refractivity contribution is 5.81. The molecule has 0 aliphatic carbocycles. The van der Waals surface area contributed by atoms with E-state index in [0.29, 0.717) is 28.7 Å². The van der Waals surface area contributed by atoms with Crippen LogP contribution in [-0.4, -0.2) is 36.3 Å². The first-order valence-electron chi connectivity index (χ1n) is 9.73. The predicted octanol–water partition coefficient (Wildman–Crippen LogP) is 4.45. The number of aromatic hydroxyl groups is 1. The Labute approximate surface area is 179 Å². The average molecular weight is 417 g/mol. The van der Waals surface area contributed by atoms with E-state index in [1.165, 1.54) is 6.07 Å². The molecule has 2 heterocycles. The van der Waals surface area contributed by atoms with Crippen molar-refractivity contribution in [2.45, 2.75) is 6.92 Å². The molecule has 4 aromatic rings. The third kappa shape index (κ3) is 3.90. The summed E-state index contributed by atoms with van der Waals surface area (Å²) in [5.74, 6) is 1.22. The largest absolute Gasteiger partial charge is 0.501 e. The van der Waals surface area contributed by atoms with Gasteiger partial charge in [-0.3, -0.25) is 4.79 Å². The molecule has 0 aliphatic heterocycles. The Balaban J connectivity index is 1.93. The Bertz CT molecular complexity index is 1290. The fourth-order valence-electron chi connectivity index (χ4n) is 3.34. The molecule has 7 heteroatoms. The van der Waals surface area contributed by atoms with E-state index >= 15 is 0 Å². The maximum atomic E-state index is 12.2. The molecular formula is C24H23N3O4. The van der Waals surface area contributed by atoms with Gasteiger partial charge in [-0.1, -0.05) is 12.1 Å². The molecule has 0 saturated carbocycles. The molecule has 4 rings (SSSR count). The number of hydrogen-bond donors (Lipinski definition) is 2. The number of ether oxygens (including phenoxy) is 1. The van der Waals surface area contributed by atoms with Gasteiger partial charge in [-0.25, -0.2) is 4.98 Å². The van der Waals surface area contributed by atoms with Crippen LogP contribution in [0.5, 0.6) is 11.5 Å². The van der Waals surface area contributed by atoms with Crippen molar-refractivity contribution in [2.75, 3.05) is 26.1 Å². The number of benzene rings is 2. The van der Waals surface area contributed by atoms with Crippen molar-refractivity contribution in [1.82, 2.24) is 9.97 Å². The molecule has 0 bridgehead atoms. The van der Waals surface area contributed by atoms with Crippen molar-refractivity contribution >= 4 is 5.69 Å². The Kier molecular flexibility index (Phi) is 5.25. The summed E-state index contributed by atoms with van der Waals surface area (Å²) in [5.41, 5.74) is 3.11. The topological polar surface area (TPSA) is 91.6 Å². The molecule has 2 N–H and O–H groups in total. The summed E-state index contributed by atoms with van der Waals surface area (Å²) >= 11 is 0. The number of imidazole rings is 1. The molecule has 31 heavy (non-hydrogen) atoms. The summed E-state index contributed by atoms with van der Waals surface area (Å²) in [5, 5.41) is 10.4. The maximum absolute atomic E-state index is 12.2. The first-order chi connectivity index (χ1) is 14.9. The lowest BCUT2D eigenvalue weighted by Gasteiger charge is -2.12. The lowest BCUT2D eigenvalue weighted by atomic mass is 10.1. The summed E-state index contributed by atoms with van der Waals surface area (Å²) in [7, 11) is 5.54. The van der Waals surface area contributed by atoms with Gasteiger partial charge in [0.05, 0.1) is 7.11 Å². The van der Waals surface area contributed by atoms with Gasteiger partial charge in [0.15, 0.2) is 5.76 Å². The zero-order chi connectivity index (χ0) is 22.1. The van der Waals surface area contributed by atoms with Gasteiger partial charge in [-0.05, 0) is 43.3 Å². The van der Waals surface area contributed by atoms with Crippen molar-refractivity contribution in [3.05, 3.63) is 70.6 Å². The number of aromatic nitrogens is 2. The third-order valence-electron chi connectivity index (χ3n) is 4.98. The highest BCUT2D eigenvalue weighted by atomic mass is 16.5. The molecule has 0 atom stereocenters. The number of anilines is 1. The Morgan fingerprint density at radius 2 is 1.81 bits per heavy atom. The highest BCUT2D eigenvalue weighted by Crippen LogP contribution is 2.37. The zero-order valence-corrected chi connectivity index (χ0v) is 17.8. The number of H-pyrrole nitrogens is 1. The van der Waals surface area contributed by atoms with E-state index in [4.69, 9.17) is 14.1 Å². The van der Waals surface area contributed by atoms with Gasteiger partial charge in [0.1, 0.15) is 28.7 Å². The number of aromatic amines is 1. The second-order valence-corrected chi connectivity index (χ2v) is 7.38. The molecule has 2 aromatic carbocycles. The molecule has 0 saturated heterocycles. The minimum Gasteiger partial charge on any atom is -0.501 e. The van der Waals surface area contributed by atoms with Crippen LogP contribution in [0.25, 0.3) is 34.1 Å². The smallest absolute Gasteiger partial charge is 0.227 e. The normalized spacial score (nSPS) is 10.8. The van der Waals surface area contributed by atoms with E-state index in [0.717, 1.165) is 16.8 Å². The summed E-state index contributed by atoms with van der Waals surface area (Å²) in [6.07, 6.45) is 0. The highest BCUT2D eigenvalue weighted by Gasteiger charge is 2.22. The summed E-state index contributed by atoms with van der Waals surface area (Å²) < 4.78 is 11.1. The summed E-state index contributed by atoms with van der Waals surface area (Å²) in [6, 6.07) is 16.6. The first-order valence-corrected chi connectivity index (χ1v) is 9.73. The molecule has 158 valence electrons. The summed E-state index contributed by atoms with van der Waals surface area (Å²) in [6.45, 7) is 1.66. The molecule has 2 aromatic heterocycles. The van der Waals surface area contributed by atoms with Crippen molar-refractivity contribution in [2.24, 2.45) is 0 Å². The number of nitrogens with zero attached hydrogens (tertiary/aromatic N) is 2. The average Bonchev–Trinajstić information content (AvgIpc) is 3.21. The molecular weight excluding hydrogens is 394 g/mol. The Morgan fingerprint density at radius 1 is 1.06 bits per heavy atom. The van der Waals surface area contributed by atoms with Crippen LogP contribution < -0.4 is 15.1 Å². The molecule has 0 unspecified atom stereocenters. The number of aryl methyl sites for hydroxylation is 1. The van der Waals surface area contributed by atoms with Crippen LogP contribution >= 0.6 is 0 Å². The molecule has 0 amide bonds. The zero-order valence-electron chi connectivity index (χ0n) is 17.8. The molecule has 0 spiro atoms. The number of rotatable bonds is 5. The van der Waals surface area contributed by atoms with Gasteiger partial charge in [0, 0.05) is 37.0 Å². The Hall–Kier alpha value is -4.00. The van der Waals surface area contributed by atoms with E-state index in [-0.39, 0.29) is 5.76 Å². The van der Waals surface area contributed by atoms with Crippen LogP contribution in [0.1, 0.15) is 5.76 Å². The monoisotopic (exact) mass is 417 g/mol. The van der Waals surface area contributed by atoms with E-state index in [1.807, 2.05) is 67.5 Å². The lowest BCUT2D eigenvalue weighted by Crippen LogP contribution is -2.07. The number of hydrogen-bond acceptors (Lipinski definition) is 6. The van der Waals surface area contributed by atoms with E-state index in [1.54, 1.807) is 14.0 Å². The van der Waals surface area contributed by atoms with Gasteiger partial charge >= 0.3 is 0 Å². The quantitative estimate of drug-likeness (QED) is 0.498. The Morgan fingerprint density at radius 3 is 2.48 bits per heavy atom. The van der Waals surface area contributed by atoms with E-state index in [9.17, 15) is 9.90 Å². The molecule has 0 fully saturated rings. The maximum Gasteiger partial charge on any atom is 0.227 e. The third-order valence-corrected chi connectivity index (χ3v) is 4.98. The van der Waals surface area contributed by atoms with Crippen molar-refractivity contribution in [3.8, 4) is 45.6 Å². The van der Waals surface area contributed by atoms with Crippen LogP contribution in [-0.2, 0) is 0 Å². The van der Waals surface area contributed by atoms with Crippen molar-refractivity contribution in [1.29, 1.82) is 0 Å². The van der Waals surface area contributed by atoms with Crippen LogP contribution in [0.4, 0.5) is 5.69 Å². The molecule has 0 aliphatic rings. The van der Waals surface area contributed by atoms with Crippen molar-refractivity contribution in [3.63, 3.8) is 0 Å².